The van der Waals surface area contributed by atoms with E-state index in [-0.39, 0.29) is 11.2 Å². The van der Waals surface area contributed by atoms with Crippen molar-refractivity contribution in [2.45, 2.75) is 26.6 Å². The molecule has 3 aromatic rings. The molecular weight excluding hydrogens is 352 g/mol. The standard InChI is InChI=1S/C18H16N4OS2/c1-22-11-19-21-18(22)24-14-8-6-13(7-9-14)20-17(23)16-10-12-4-2-3-5-15(12)25-16/h2-9,11,16H,10H2,1H3,(H,20,23). The van der Waals surface area contributed by atoms with Crippen molar-refractivity contribution in [3.05, 3.63) is 60.4 Å². The molecule has 4 rings (SSSR count). The van der Waals surface area contributed by atoms with Crippen LogP contribution in [0.4, 0.5) is 5.69 Å². The predicted octanol–water partition coefficient (Wildman–Crippen LogP) is 3.62. The molecular formula is C18H16N4OS2. The fourth-order valence-corrected chi connectivity index (χ4v) is 4.59. The zero-order valence-electron chi connectivity index (χ0n) is 13.5. The van der Waals surface area contributed by atoms with Gasteiger partial charge in [0.2, 0.25) is 5.91 Å². The van der Waals surface area contributed by atoms with E-state index in [1.807, 2.05) is 48.0 Å². The Morgan fingerprint density at radius 3 is 2.76 bits per heavy atom. The molecule has 2 heterocycles. The summed E-state index contributed by atoms with van der Waals surface area (Å²) >= 11 is 3.17. The summed E-state index contributed by atoms with van der Waals surface area (Å²) in [5, 5.41) is 11.7. The van der Waals surface area contributed by atoms with Crippen LogP contribution < -0.4 is 5.32 Å². The number of hydrogen-bond donors (Lipinski definition) is 1. The molecule has 1 amide bonds. The van der Waals surface area contributed by atoms with E-state index in [0.717, 1.165) is 22.2 Å². The van der Waals surface area contributed by atoms with Gasteiger partial charge in [-0.3, -0.25) is 4.79 Å². The number of aryl methyl sites for hydroxylation is 1. The van der Waals surface area contributed by atoms with Gasteiger partial charge in [-0.05, 0) is 54.1 Å². The number of nitrogens with one attached hydrogen (secondary N) is 1. The third-order valence-corrected chi connectivity index (χ3v) is 6.32. The minimum Gasteiger partial charge on any atom is -0.325 e. The Balaban J connectivity index is 1.38. The number of hydrogen-bond acceptors (Lipinski definition) is 5. The Hall–Kier alpha value is -2.25. The van der Waals surface area contributed by atoms with E-state index in [0.29, 0.717) is 0 Å². The quantitative estimate of drug-likeness (QED) is 0.762. The first-order valence-electron chi connectivity index (χ1n) is 7.86. The van der Waals surface area contributed by atoms with Crippen LogP contribution in [0.1, 0.15) is 5.56 Å². The number of thioether (sulfide) groups is 1. The van der Waals surface area contributed by atoms with Crippen molar-refractivity contribution in [3.8, 4) is 0 Å². The van der Waals surface area contributed by atoms with E-state index in [9.17, 15) is 4.79 Å². The second-order valence-corrected chi connectivity index (χ2v) is 8.04. The van der Waals surface area contributed by atoms with Crippen LogP contribution in [-0.2, 0) is 18.3 Å². The number of carbonyl (C=O) groups excluding carboxylic acids is 1. The number of anilines is 1. The summed E-state index contributed by atoms with van der Waals surface area (Å²) in [7, 11) is 1.91. The van der Waals surface area contributed by atoms with Gasteiger partial charge in [-0.2, -0.15) is 0 Å². The summed E-state index contributed by atoms with van der Waals surface area (Å²) in [5.74, 6) is 0.0508. The maximum Gasteiger partial charge on any atom is 0.238 e. The first-order valence-corrected chi connectivity index (χ1v) is 9.56. The minimum atomic E-state index is -0.0647. The summed E-state index contributed by atoms with van der Waals surface area (Å²) in [6, 6.07) is 16.0. The number of amides is 1. The van der Waals surface area contributed by atoms with E-state index in [1.165, 1.54) is 22.2 Å². The molecule has 1 aliphatic heterocycles. The minimum absolute atomic E-state index is 0.0508. The lowest BCUT2D eigenvalue weighted by atomic mass is 10.1. The molecule has 0 spiro atoms. The van der Waals surface area contributed by atoms with Gasteiger partial charge in [-0.15, -0.1) is 22.0 Å². The zero-order valence-corrected chi connectivity index (χ0v) is 15.2. The molecule has 7 heteroatoms. The average Bonchev–Trinajstić information content (AvgIpc) is 3.23. The van der Waals surface area contributed by atoms with Crippen molar-refractivity contribution < 1.29 is 4.79 Å². The molecule has 1 aromatic heterocycles. The van der Waals surface area contributed by atoms with Crippen LogP contribution in [0.5, 0.6) is 0 Å². The topological polar surface area (TPSA) is 59.8 Å². The van der Waals surface area contributed by atoms with Crippen LogP contribution in [0.2, 0.25) is 0 Å². The van der Waals surface area contributed by atoms with Crippen molar-refractivity contribution >= 4 is 35.1 Å². The lowest BCUT2D eigenvalue weighted by molar-refractivity contribution is -0.115. The highest BCUT2D eigenvalue weighted by Gasteiger charge is 2.27. The van der Waals surface area contributed by atoms with E-state index in [2.05, 4.69) is 27.6 Å². The summed E-state index contributed by atoms with van der Waals surface area (Å²) in [6.45, 7) is 0. The fraction of sp³-hybridized carbons (Fsp3) is 0.167. The second-order valence-electron chi connectivity index (χ2n) is 5.76. The summed E-state index contributed by atoms with van der Waals surface area (Å²) in [6.07, 6.45) is 2.46. The van der Waals surface area contributed by atoms with Crippen LogP contribution in [0, 0.1) is 0 Å². The molecule has 1 unspecified atom stereocenters. The molecule has 2 aromatic carbocycles. The highest BCUT2D eigenvalue weighted by Crippen LogP contribution is 2.37. The fourth-order valence-electron chi connectivity index (χ4n) is 2.63. The molecule has 126 valence electrons. The lowest BCUT2D eigenvalue weighted by Crippen LogP contribution is -2.24. The average molecular weight is 368 g/mol. The number of rotatable bonds is 4. The molecule has 0 saturated heterocycles. The van der Waals surface area contributed by atoms with Gasteiger partial charge < -0.3 is 9.88 Å². The first kappa shape index (κ1) is 16.2. The van der Waals surface area contributed by atoms with Crippen LogP contribution >= 0.6 is 23.5 Å². The molecule has 0 radical (unpaired) electrons. The monoisotopic (exact) mass is 368 g/mol. The van der Waals surface area contributed by atoms with Gasteiger partial charge in [-0.25, -0.2) is 0 Å². The molecule has 1 atom stereocenters. The molecule has 1 aliphatic rings. The Morgan fingerprint density at radius 2 is 2.04 bits per heavy atom. The predicted molar refractivity (Wildman–Crippen MR) is 100.0 cm³/mol. The number of nitrogens with zero attached hydrogens (tertiary/aromatic N) is 3. The molecule has 0 bridgehead atoms. The number of fused-ring (bicyclic) bond motifs is 1. The highest BCUT2D eigenvalue weighted by molar-refractivity contribution is 8.01. The van der Waals surface area contributed by atoms with Gasteiger partial charge in [0.1, 0.15) is 6.33 Å². The molecule has 0 aliphatic carbocycles. The van der Waals surface area contributed by atoms with Crippen LogP contribution in [0.15, 0.2) is 69.8 Å². The lowest BCUT2D eigenvalue weighted by Gasteiger charge is -2.10. The highest BCUT2D eigenvalue weighted by atomic mass is 32.2. The Labute approximate surface area is 154 Å². The third-order valence-electron chi connectivity index (χ3n) is 3.94. The van der Waals surface area contributed by atoms with Crippen molar-refractivity contribution in [1.29, 1.82) is 0 Å². The van der Waals surface area contributed by atoms with Crippen molar-refractivity contribution in [1.82, 2.24) is 14.8 Å². The summed E-state index contributed by atoms with van der Waals surface area (Å²) in [4.78, 5) is 14.8. The van der Waals surface area contributed by atoms with Crippen LogP contribution in [0.3, 0.4) is 0 Å². The number of benzene rings is 2. The van der Waals surface area contributed by atoms with Gasteiger partial charge in [-0.1, -0.05) is 18.2 Å². The Kier molecular flexibility index (Phi) is 4.50. The van der Waals surface area contributed by atoms with Crippen molar-refractivity contribution in [2.24, 2.45) is 7.05 Å². The van der Waals surface area contributed by atoms with E-state index < -0.39 is 0 Å². The smallest absolute Gasteiger partial charge is 0.238 e. The number of aromatic nitrogens is 3. The van der Waals surface area contributed by atoms with Crippen LogP contribution in [-0.4, -0.2) is 25.9 Å². The second kappa shape index (κ2) is 6.93. The third kappa shape index (κ3) is 3.57. The van der Waals surface area contributed by atoms with Crippen LogP contribution in [0.25, 0.3) is 0 Å². The Bertz CT molecular complexity index is 882. The van der Waals surface area contributed by atoms with Gasteiger partial charge in [0.05, 0.1) is 5.25 Å². The van der Waals surface area contributed by atoms with Crippen molar-refractivity contribution in [3.63, 3.8) is 0 Å². The number of carbonyl (C=O) groups is 1. The van der Waals surface area contributed by atoms with Gasteiger partial charge in [0, 0.05) is 22.5 Å². The molecule has 0 saturated carbocycles. The SMILES string of the molecule is Cn1cnnc1Sc1ccc(NC(=O)C2Cc3ccccc3S2)cc1. The molecule has 0 fully saturated rings. The first-order chi connectivity index (χ1) is 12.2. The normalized spacial score (nSPS) is 15.8. The maximum atomic E-state index is 12.5. The summed E-state index contributed by atoms with van der Waals surface area (Å²) in [5.41, 5.74) is 2.06. The molecule has 5 nitrogen and oxygen atoms in total. The zero-order chi connectivity index (χ0) is 17.2. The largest absolute Gasteiger partial charge is 0.325 e. The van der Waals surface area contributed by atoms with E-state index >= 15 is 0 Å². The Morgan fingerprint density at radius 1 is 1.24 bits per heavy atom. The van der Waals surface area contributed by atoms with E-state index in [4.69, 9.17) is 0 Å². The summed E-state index contributed by atoms with van der Waals surface area (Å²) < 4.78 is 1.87. The van der Waals surface area contributed by atoms with Gasteiger partial charge >= 0.3 is 0 Å². The molecule has 1 N–H and O–H groups in total. The van der Waals surface area contributed by atoms with Crippen molar-refractivity contribution in [2.75, 3.05) is 5.32 Å². The van der Waals surface area contributed by atoms with E-state index in [1.54, 1.807) is 18.1 Å². The van der Waals surface area contributed by atoms with Gasteiger partial charge in [0.15, 0.2) is 5.16 Å². The maximum absolute atomic E-state index is 12.5. The van der Waals surface area contributed by atoms with Gasteiger partial charge in [0.25, 0.3) is 0 Å². The molecule has 25 heavy (non-hydrogen) atoms.